The number of halogens is 6. The molecule has 4 aromatic rings. The number of hydrogen-bond acceptors (Lipinski definition) is 11. The number of carbonyl (C=O) groups excluding carboxylic acids is 1. The third-order valence-corrected chi connectivity index (χ3v) is 10.5. The van der Waals surface area contributed by atoms with Gasteiger partial charge in [0.2, 0.25) is 0 Å². The first-order valence-electron chi connectivity index (χ1n) is 16.9. The number of sulfonamides is 1. The zero-order valence-corrected chi connectivity index (χ0v) is 32.3. The molecule has 20 heteroatoms. The number of anilines is 2. The number of amides is 1. The van der Waals surface area contributed by atoms with E-state index in [1.54, 1.807) is 36.4 Å². The first kappa shape index (κ1) is 42.8. The molecule has 2 aromatic heterocycles. The summed E-state index contributed by atoms with van der Waals surface area (Å²) in [5.74, 6) is -0.177. The van der Waals surface area contributed by atoms with Crippen LogP contribution in [-0.4, -0.2) is 88.0 Å². The van der Waals surface area contributed by atoms with E-state index in [4.69, 9.17) is 23.7 Å². The van der Waals surface area contributed by atoms with Gasteiger partial charge in [-0.15, -0.1) is 0 Å². The molecule has 308 valence electrons. The lowest BCUT2D eigenvalue weighted by atomic mass is 10.0. The third-order valence-electron chi connectivity index (χ3n) is 8.80. The van der Waals surface area contributed by atoms with Crippen molar-refractivity contribution in [3.8, 4) is 23.0 Å². The van der Waals surface area contributed by atoms with Crippen LogP contribution in [0.4, 0.5) is 37.8 Å². The van der Waals surface area contributed by atoms with Gasteiger partial charge in [0, 0.05) is 67.0 Å². The highest BCUT2D eigenvalue weighted by Crippen LogP contribution is 2.37. The van der Waals surface area contributed by atoms with Crippen molar-refractivity contribution in [2.24, 2.45) is 0 Å². The smallest absolute Gasteiger partial charge is 0.417 e. The number of aromatic nitrogens is 2. The number of pyridine rings is 2. The van der Waals surface area contributed by atoms with Gasteiger partial charge in [-0.1, -0.05) is 12.1 Å². The molecule has 0 aliphatic carbocycles. The standard InChI is InChI=1S/C37H39F6N5O8S/c1-35(2)21-47(20-31(56-35)37(41,42)43)33-28(13-24(17-45-33)36(38,39)40)34(49)46-25-11-12-44-32(14-25)57(50,51)48(18-22-7-9-26(52-3)15-29(22)54-5)19-23-8-10-27(53-4)16-30(23)55-6/h7-17,31H,18-21H2,1-6H3,(H,44,46,49)/t31-/m0/s1. The number of methoxy groups -OCH3 is 4. The molecule has 1 aliphatic heterocycles. The van der Waals surface area contributed by atoms with Crippen LogP contribution in [0, 0.1) is 0 Å². The number of alkyl halides is 6. The summed E-state index contributed by atoms with van der Waals surface area (Å²) in [6, 6.07) is 12.2. The molecular weight excluding hydrogens is 788 g/mol. The van der Waals surface area contributed by atoms with Crippen molar-refractivity contribution in [2.45, 2.75) is 56.0 Å². The lowest BCUT2D eigenvalue weighted by Gasteiger charge is -2.44. The van der Waals surface area contributed by atoms with Crippen molar-refractivity contribution < 1.29 is 63.2 Å². The Kier molecular flexibility index (Phi) is 12.5. The molecule has 1 saturated heterocycles. The minimum absolute atomic E-state index is 0.212. The van der Waals surface area contributed by atoms with Crippen molar-refractivity contribution in [2.75, 3.05) is 51.7 Å². The van der Waals surface area contributed by atoms with Crippen LogP contribution in [0.3, 0.4) is 0 Å². The second-order valence-corrected chi connectivity index (χ2v) is 15.2. The molecule has 1 atom stereocenters. The van der Waals surface area contributed by atoms with Crippen LogP contribution in [-0.2, 0) is 34.0 Å². The molecular formula is C37H39F6N5O8S. The number of carbonyl (C=O) groups is 1. The van der Waals surface area contributed by atoms with Gasteiger partial charge in [0.1, 0.15) is 28.8 Å². The second-order valence-electron chi connectivity index (χ2n) is 13.3. The van der Waals surface area contributed by atoms with Gasteiger partial charge in [-0.2, -0.15) is 30.6 Å². The SMILES string of the molecule is COc1ccc(CN(Cc2ccc(OC)cc2OC)S(=O)(=O)c2cc(NC(=O)c3cc(C(F)(F)F)cnc3N3C[C@@H](C(F)(F)F)OC(C)(C)C3)ccn2)c(OC)c1. The van der Waals surface area contributed by atoms with Gasteiger partial charge in [0.05, 0.1) is 51.7 Å². The molecule has 0 unspecified atom stereocenters. The molecule has 1 fully saturated rings. The van der Waals surface area contributed by atoms with Crippen molar-refractivity contribution in [3.63, 3.8) is 0 Å². The highest BCUT2D eigenvalue weighted by Gasteiger charge is 2.49. The van der Waals surface area contributed by atoms with Crippen LogP contribution in [0.1, 0.15) is 40.9 Å². The maximum Gasteiger partial charge on any atom is 0.417 e. The van der Waals surface area contributed by atoms with E-state index in [1.807, 2.05) is 0 Å². The predicted molar refractivity (Wildman–Crippen MR) is 194 cm³/mol. The fraction of sp³-hybridized carbons (Fsp3) is 0.378. The maximum absolute atomic E-state index is 14.5. The van der Waals surface area contributed by atoms with Gasteiger partial charge >= 0.3 is 12.4 Å². The normalized spacial score (nSPS) is 15.9. The number of nitrogens with one attached hydrogen (secondary N) is 1. The molecule has 0 bridgehead atoms. The Morgan fingerprint density at radius 2 is 1.46 bits per heavy atom. The Bertz CT molecular complexity index is 2150. The van der Waals surface area contributed by atoms with E-state index in [2.05, 4.69) is 15.3 Å². The lowest BCUT2D eigenvalue weighted by Crippen LogP contribution is -2.57. The summed E-state index contributed by atoms with van der Waals surface area (Å²) < 4.78 is 140. The van der Waals surface area contributed by atoms with Gasteiger partial charge < -0.3 is 33.9 Å². The van der Waals surface area contributed by atoms with Crippen molar-refractivity contribution >= 4 is 27.4 Å². The minimum Gasteiger partial charge on any atom is -0.497 e. The van der Waals surface area contributed by atoms with Gasteiger partial charge in [-0.3, -0.25) is 4.79 Å². The van der Waals surface area contributed by atoms with Crippen LogP contribution >= 0.6 is 0 Å². The van der Waals surface area contributed by atoms with E-state index >= 15 is 0 Å². The Labute approximate surface area is 324 Å². The van der Waals surface area contributed by atoms with Crippen LogP contribution in [0.15, 0.2) is 72.0 Å². The second kappa shape index (κ2) is 16.6. The molecule has 1 aliphatic rings. The topological polar surface area (TPSA) is 142 Å². The lowest BCUT2D eigenvalue weighted by molar-refractivity contribution is -0.251. The minimum atomic E-state index is -4.97. The number of rotatable bonds is 13. The third kappa shape index (κ3) is 9.98. The first-order chi connectivity index (χ1) is 26.7. The summed E-state index contributed by atoms with van der Waals surface area (Å²) >= 11 is 0. The Morgan fingerprint density at radius 3 is 1.96 bits per heavy atom. The van der Waals surface area contributed by atoms with Gasteiger partial charge in [-0.05, 0) is 38.1 Å². The molecule has 57 heavy (non-hydrogen) atoms. The van der Waals surface area contributed by atoms with E-state index in [1.165, 1.54) is 48.4 Å². The molecule has 0 saturated carbocycles. The number of benzene rings is 2. The fourth-order valence-corrected chi connectivity index (χ4v) is 7.43. The molecule has 1 N–H and O–H groups in total. The summed E-state index contributed by atoms with van der Waals surface area (Å²) in [6.07, 6.45) is -10.7. The molecule has 13 nitrogen and oxygen atoms in total. The molecule has 3 heterocycles. The number of morpholine rings is 1. The highest BCUT2D eigenvalue weighted by molar-refractivity contribution is 7.89. The van der Waals surface area contributed by atoms with Crippen LogP contribution in [0.5, 0.6) is 23.0 Å². The van der Waals surface area contributed by atoms with Crippen molar-refractivity contribution in [1.82, 2.24) is 14.3 Å². The van der Waals surface area contributed by atoms with E-state index in [-0.39, 0.29) is 25.3 Å². The molecule has 0 radical (unpaired) electrons. The maximum atomic E-state index is 14.5. The number of ether oxygens (including phenoxy) is 5. The monoisotopic (exact) mass is 827 g/mol. The van der Waals surface area contributed by atoms with Gasteiger partial charge in [0.25, 0.3) is 15.9 Å². The van der Waals surface area contributed by atoms with Crippen LogP contribution in [0.25, 0.3) is 0 Å². The van der Waals surface area contributed by atoms with Crippen LogP contribution in [0.2, 0.25) is 0 Å². The molecule has 2 aromatic carbocycles. The first-order valence-corrected chi connectivity index (χ1v) is 18.4. The summed E-state index contributed by atoms with van der Waals surface area (Å²) in [7, 11) is 1.13. The van der Waals surface area contributed by atoms with Crippen LogP contribution < -0.4 is 29.2 Å². The molecule has 5 rings (SSSR count). The van der Waals surface area contributed by atoms with E-state index in [9.17, 15) is 39.6 Å². The molecule has 1 amide bonds. The Hall–Kier alpha value is -5.34. The highest BCUT2D eigenvalue weighted by atomic mass is 32.2. The van der Waals surface area contributed by atoms with E-state index in [0.717, 1.165) is 21.5 Å². The zero-order valence-electron chi connectivity index (χ0n) is 31.5. The average Bonchev–Trinajstić information content (AvgIpc) is 3.16. The zero-order chi connectivity index (χ0) is 41.9. The fourth-order valence-electron chi connectivity index (χ4n) is 6.08. The van der Waals surface area contributed by atoms with E-state index < -0.39 is 68.5 Å². The summed E-state index contributed by atoms with van der Waals surface area (Å²) in [6.45, 7) is 1.06. The molecule has 0 spiro atoms. The predicted octanol–water partition coefficient (Wildman–Crippen LogP) is 6.72. The Morgan fingerprint density at radius 1 is 0.877 bits per heavy atom. The van der Waals surface area contributed by atoms with Crippen molar-refractivity contribution in [1.29, 1.82) is 0 Å². The van der Waals surface area contributed by atoms with Gasteiger partial charge in [-0.25, -0.2) is 18.4 Å². The average molecular weight is 828 g/mol. The largest absolute Gasteiger partial charge is 0.497 e. The Balaban J connectivity index is 1.53. The van der Waals surface area contributed by atoms with E-state index in [0.29, 0.717) is 46.4 Å². The summed E-state index contributed by atoms with van der Waals surface area (Å²) in [5.41, 5.74) is -2.85. The number of nitrogens with zero attached hydrogens (tertiary/aromatic N) is 4. The van der Waals surface area contributed by atoms with Crippen molar-refractivity contribution in [3.05, 3.63) is 89.2 Å². The quantitative estimate of drug-likeness (QED) is 0.144. The van der Waals surface area contributed by atoms with Gasteiger partial charge in [0.15, 0.2) is 11.1 Å². The summed E-state index contributed by atoms with van der Waals surface area (Å²) in [5, 5.41) is 1.81. The summed E-state index contributed by atoms with van der Waals surface area (Å²) in [4.78, 5) is 22.7. The number of hydrogen-bond donors (Lipinski definition) is 1.